The second-order valence-electron chi connectivity index (χ2n) is 8.26. The summed E-state index contributed by atoms with van der Waals surface area (Å²) in [5, 5.41) is 0. The molecule has 28 heavy (non-hydrogen) atoms. The molecule has 1 fully saturated rings. The lowest BCUT2D eigenvalue weighted by molar-refractivity contribution is -0.124. The predicted molar refractivity (Wildman–Crippen MR) is 117 cm³/mol. The quantitative estimate of drug-likeness (QED) is 0.483. The van der Waals surface area contributed by atoms with Crippen LogP contribution < -0.4 is 15.6 Å². The van der Waals surface area contributed by atoms with E-state index in [4.69, 9.17) is 4.74 Å². The summed E-state index contributed by atoms with van der Waals surface area (Å²) in [6, 6.07) is 15.0. The van der Waals surface area contributed by atoms with E-state index in [1.807, 2.05) is 36.4 Å². The molecule has 1 aliphatic carbocycles. The van der Waals surface area contributed by atoms with E-state index in [1.165, 1.54) is 0 Å². The van der Waals surface area contributed by atoms with Gasteiger partial charge in [-0.15, -0.1) is 0 Å². The number of hydrogen-bond donors (Lipinski definition) is 2. The van der Waals surface area contributed by atoms with Crippen LogP contribution in [0.15, 0.2) is 48.5 Å². The van der Waals surface area contributed by atoms with Crippen molar-refractivity contribution in [3.63, 3.8) is 0 Å². The summed E-state index contributed by atoms with van der Waals surface area (Å²) in [5.74, 6) is 0.206. The lowest BCUT2D eigenvalue weighted by atomic mass is 10.0. The molecule has 0 heterocycles. The second-order valence-corrected chi connectivity index (χ2v) is 9.50. The van der Waals surface area contributed by atoms with Crippen molar-refractivity contribution >= 4 is 34.4 Å². The first-order chi connectivity index (χ1) is 13.1. The van der Waals surface area contributed by atoms with Gasteiger partial charge in [-0.2, -0.15) is 0 Å². The molecule has 1 aliphatic rings. The number of carbonyl (C=O) groups is 2. The fraction of sp³-hybridized carbons (Fsp3) is 0.364. The molecule has 0 bridgehead atoms. The Balaban J connectivity index is 1.50. The predicted octanol–water partition coefficient (Wildman–Crippen LogP) is 4.31. The molecular formula is C22H25IN2O3. The third kappa shape index (κ3) is 4.16. The lowest BCUT2D eigenvalue weighted by Crippen LogP contribution is -2.43. The van der Waals surface area contributed by atoms with Gasteiger partial charge in [-0.25, -0.2) is 0 Å². The summed E-state index contributed by atoms with van der Waals surface area (Å²) in [6.45, 7) is 8.68. The Morgan fingerprint density at radius 1 is 0.929 bits per heavy atom. The van der Waals surface area contributed by atoms with Gasteiger partial charge in [0.25, 0.3) is 5.91 Å². The van der Waals surface area contributed by atoms with Crippen molar-refractivity contribution in [2.24, 2.45) is 16.7 Å². The minimum atomic E-state index is -0.338. The molecule has 0 spiro atoms. The summed E-state index contributed by atoms with van der Waals surface area (Å²) < 4.78 is 6.89. The van der Waals surface area contributed by atoms with Crippen molar-refractivity contribution in [3.05, 3.63) is 63.2 Å². The molecule has 2 aromatic rings. The minimum Gasteiger partial charge on any atom is -0.489 e. The van der Waals surface area contributed by atoms with Crippen molar-refractivity contribution in [1.82, 2.24) is 10.9 Å². The third-order valence-corrected chi connectivity index (χ3v) is 6.74. The lowest BCUT2D eigenvalue weighted by Gasteiger charge is -2.10. The van der Waals surface area contributed by atoms with Crippen LogP contribution in [0.5, 0.6) is 5.75 Å². The molecule has 2 aromatic carbocycles. The molecule has 0 unspecified atom stereocenters. The average molecular weight is 492 g/mol. The van der Waals surface area contributed by atoms with E-state index >= 15 is 0 Å². The molecule has 0 saturated heterocycles. The zero-order valence-corrected chi connectivity index (χ0v) is 18.7. The van der Waals surface area contributed by atoms with Gasteiger partial charge in [0.05, 0.1) is 5.92 Å². The average Bonchev–Trinajstić information content (AvgIpc) is 3.08. The standard InChI is InChI=1S/C22H25IN2O3/c1-21(2)18(22(21,3)4)20(27)25-24-19(26)15-7-5-14(6-8-15)13-28-17-11-9-16(23)10-12-17/h5-12,18H,13H2,1-4H3,(H,24,26)(H,25,27). The summed E-state index contributed by atoms with van der Waals surface area (Å²) >= 11 is 2.25. The van der Waals surface area contributed by atoms with Crippen LogP contribution in [-0.4, -0.2) is 11.8 Å². The normalized spacial score (nSPS) is 16.9. The molecular weight excluding hydrogens is 467 g/mol. The first-order valence-electron chi connectivity index (χ1n) is 9.20. The Hall–Kier alpha value is -2.09. The van der Waals surface area contributed by atoms with Crippen molar-refractivity contribution in [2.75, 3.05) is 0 Å². The first-order valence-corrected chi connectivity index (χ1v) is 10.3. The number of hydrazine groups is 1. The molecule has 6 heteroatoms. The third-order valence-electron chi connectivity index (χ3n) is 6.02. The molecule has 0 radical (unpaired) electrons. The van der Waals surface area contributed by atoms with Gasteiger partial charge in [0, 0.05) is 9.13 Å². The Morgan fingerprint density at radius 3 is 2.04 bits per heavy atom. The highest BCUT2D eigenvalue weighted by Crippen LogP contribution is 2.68. The number of benzene rings is 2. The molecule has 1 saturated carbocycles. The van der Waals surface area contributed by atoms with Crippen molar-refractivity contribution in [2.45, 2.75) is 34.3 Å². The van der Waals surface area contributed by atoms with Gasteiger partial charge in [0.1, 0.15) is 12.4 Å². The number of rotatable bonds is 5. The maximum absolute atomic E-state index is 12.3. The maximum atomic E-state index is 12.3. The topological polar surface area (TPSA) is 67.4 Å². The highest BCUT2D eigenvalue weighted by molar-refractivity contribution is 14.1. The maximum Gasteiger partial charge on any atom is 0.269 e. The fourth-order valence-electron chi connectivity index (χ4n) is 3.56. The fourth-order valence-corrected chi connectivity index (χ4v) is 3.92. The molecule has 3 rings (SSSR count). The van der Waals surface area contributed by atoms with Gasteiger partial charge in [-0.05, 0) is 75.4 Å². The van der Waals surface area contributed by atoms with Crippen LogP contribution in [0.4, 0.5) is 0 Å². The van der Waals surface area contributed by atoms with Gasteiger partial charge in [-0.1, -0.05) is 39.8 Å². The van der Waals surface area contributed by atoms with Crippen molar-refractivity contribution < 1.29 is 14.3 Å². The number of carbonyl (C=O) groups excluding carboxylic acids is 2. The molecule has 2 N–H and O–H groups in total. The van der Waals surface area contributed by atoms with Crippen molar-refractivity contribution in [1.29, 1.82) is 0 Å². The minimum absolute atomic E-state index is 0.0690. The Morgan fingerprint density at radius 2 is 1.50 bits per heavy atom. The molecule has 0 aromatic heterocycles. The van der Waals surface area contributed by atoms with Gasteiger partial charge in [-0.3, -0.25) is 20.4 Å². The van der Waals surface area contributed by atoms with E-state index in [0.29, 0.717) is 12.2 Å². The molecule has 148 valence electrons. The molecule has 2 amide bonds. The highest BCUT2D eigenvalue weighted by Gasteiger charge is 2.68. The summed E-state index contributed by atoms with van der Waals surface area (Å²) in [4.78, 5) is 24.6. The molecule has 5 nitrogen and oxygen atoms in total. The summed E-state index contributed by atoms with van der Waals surface area (Å²) in [6.07, 6.45) is 0. The van der Waals surface area contributed by atoms with E-state index in [1.54, 1.807) is 12.1 Å². The van der Waals surface area contributed by atoms with Gasteiger partial charge in [0.2, 0.25) is 5.91 Å². The van der Waals surface area contributed by atoms with Crippen LogP contribution in [0.2, 0.25) is 0 Å². The first kappa shape index (κ1) is 20.6. The van der Waals surface area contributed by atoms with Gasteiger partial charge < -0.3 is 4.74 Å². The number of nitrogens with one attached hydrogen (secondary N) is 2. The Labute approximate surface area is 179 Å². The second kappa shape index (κ2) is 7.73. The number of amides is 2. The van der Waals surface area contributed by atoms with Crippen LogP contribution in [0, 0.1) is 20.3 Å². The van der Waals surface area contributed by atoms with Crippen LogP contribution >= 0.6 is 22.6 Å². The smallest absolute Gasteiger partial charge is 0.269 e. The SMILES string of the molecule is CC1(C)C(C(=O)NNC(=O)c2ccc(COc3ccc(I)cc3)cc2)C1(C)C. The Bertz CT molecular complexity index is 860. The summed E-state index contributed by atoms with van der Waals surface area (Å²) in [7, 11) is 0. The van der Waals surface area contributed by atoms with E-state index in [0.717, 1.165) is 14.9 Å². The van der Waals surface area contributed by atoms with Crippen LogP contribution in [-0.2, 0) is 11.4 Å². The van der Waals surface area contributed by atoms with Gasteiger partial charge in [0.15, 0.2) is 0 Å². The zero-order valence-electron chi connectivity index (χ0n) is 16.5. The number of hydrogen-bond acceptors (Lipinski definition) is 3. The van der Waals surface area contributed by atoms with E-state index in [9.17, 15) is 9.59 Å². The number of ether oxygens (including phenoxy) is 1. The largest absolute Gasteiger partial charge is 0.489 e. The molecule has 0 atom stereocenters. The van der Waals surface area contributed by atoms with E-state index < -0.39 is 0 Å². The van der Waals surface area contributed by atoms with Gasteiger partial charge >= 0.3 is 0 Å². The highest BCUT2D eigenvalue weighted by atomic mass is 127. The van der Waals surface area contributed by atoms with E-state index in [-0.39, 0.29) is 28.6 Å². The Kier molecular flexibility index (Phi) is 5.70. The zero-order chi connectivity index (χ0) is 20.5. The molecule has 0 aliphatic heterocycles. The van der Waals surface area contributed by atoms with Crippen LogP contribution in [0.25, 0.3) is 0 Å². The monoisotopic (exact) mass is 492 g/mol. The van der Waals surface area contributed by atoms with Crippen molar-refractivity contribution in [3.8, 4) is 5.75 Å². The van der Waals surface area contributed by atoms with Crippen LogP contribution in [0.1, 0.15) is 43.6 Å². The summed E-state index contributed by atoms with van der Waals surface area (Å²) in [5.41, 5.74) is 6.36. The number of halogens is 1. The van der Waals surface area contributed by atoms with E-state index in [2.05, 4.69) is 61.1 Å². The van der Waals surface area contributed by atoms with Crippen LogP contribution in [0.3, 0.4) is 0 Å².